The van der Waals surface area contributed by atoms with Crippen molar-refractivity contribution >= 4 is 10.9 Å². The van der Waals surface area contributed by atoms with Crippen LogP contribution in [0.4, 0.5) is 4.39 Å². The molecule has 0 radical (unpaired) electrons. The van der Waals surface area contributed by atoms with Gasteiger partial charge in [0.1, 0.15) is 5.82 Å². The highest BCUT2D eigenvalue weighted by atomic mass is 19.1. The molecule has 0 saturated carbocycles. The lowest BCUT2D eigenvalue weighted by molar-refractivity contribution is 0.626. The van der Waals surface area contributed by atoms with Crippen LogP contribution in [0, 0.1) is 5.82 Å². The minimum Gasteiger partial charge on any atom is -0.268 e. The number of hydrogen-bond acceptors (Lipinski definition) is 2. The van der Waals surface area contributed by atoms with Crippen molar-refractivity contribution in [3.05, 3.63) is 83.9 Å². The van der Waals surface area contributed by atoms with Crippen LogP contribution in [0.5, 0.6) is 0 Å². The molecule has 0 aliphatic rings. The standard InChI is InChI=1S/C20H16FN3/c1-24-20-8-6-16(11-17(20)13-23-24)19-7-5-15(12-22-19)9-14-3-2-4-18(21)10-14/h2-8,10-13H,9H2,1H3. The van der Waals surface area contributed by atoms with Crippen LogP contribution in [0.25, 0.3) is 22.2 Å². The molecule has 4 rings (SSSR count). The molecule has 0 bridgehead atoms. The summed E-state index contributed by atoms with van der Waals surface area (Å²) in [6.07, 6.45) is 4.39. The quantitative estimate of drug-likeness (QED) is 0.562. The summed E-state index contributed by atoms with van der Waals surface area (Å²) in [5, 5.41) is 5.36. The van der Waals surface area contributed by atoms with Crippen LogP contribution in [0.2, 0.25) is 0 Å². The van der Waals surface area contributed by atoms with E-state index in [1.807, 2.05) is 42.3 Å². The highest BCUT2D eigenvalue weighted by Crippen LogP contribution is 2.23. The molecule has 3 nitrogen and oxygen atoms in total. The van der Waals surface area contributed by atoms with Crippen molar-refractivity contribution in [1.82, 2.24) is 14.8 Å². The van der Waals surface area contributed by atoms with Crippen LogP contribution in [-0.2, 0) is 13.5 Å². The Balaban J connectivity index is 1.60. The van der Waals surface area contributed by atoms with Gasteiger partial charge in [0, 0.05) is 24.2 Å². The first kappa shape index (κ1) is 14.6. The Hall–Kier alpha value is -3.01. The Kier molecular flexibility index (Phi) is 3.58. The van der Waals surface area contributed by atoms with Crippen molar-refractivity contribution in [2.45, 2.75) is 6.42 Å². The normalized spacial score (nSPS) is 11.1. The Labute approximate surface area is 139 Å². The van der Waals surface area contributed by atoms with E-state index in [9.17, 15) is 4.39 Å². The van der Waals surface area contributed by atoms with Gasteiger partial charge in [0.05, 0.1) is 17.4 Å². The summed E-state index contributed by atoms with van der Waals surface area (Å²) in [7, 11) is 1.93. The van der Waals surface area contributed by atoms with Crippen molar-refractivity contribution in [2.75, 3.05) is 0 Å². The highest BCUT2D eigenvalue weighted by molar-refractivity contribution is 5.83. The van der Waals surface area contributed by atoms with Crippen molar-refractivity contribution in [1.29, 1.82) is 0 Å². The van der Waals surface area contributed by atoms with Gasteiger partial charge in [-0.1, -0.05) is 24.3 Å². The maximum atomic E-state index is 13.3. The van der Waals surface area contributed by atoms with Crippen LogP contribution in [-0.4, -0.2) is 14.8 Å². The second-order valence-corrected chi connectivity index (χ2v) is 5.90. The van der Waals surface area contributed by atoms with Gasteiger partial charge >= 0.3 is 0 Å². The molecule has 2 aromatic heterocycles. The van der Waals surface area contributed by atoms with E-state index in [1.165, 1.54) is 6.07 Å². The summed E-state index contributed by atoms with van der Waals surface area (Å²) >= 11 is 0. The number of benzene rings is 2. The van der Waals surface area contributed by atoms with Crippen molar-refractivity contribution in [3.8, 4) is 11.3 Å². The molecule has 118 valence electrons. The SMILES string of the molecule is Cn1ncc2cc(-c3ccc(Cc4cccc(F)c4)cn3)ccc21. The first-order chi connectivity index (χ1) is 11.7. The van der Waals surface area contributed by atoms with Gasteiger partial charge in [-0.15, -0.1) is 0 Å². The summed E-state index contributed by atoms with van der Waals surface area (Å²) in [6.45, 7) is 0. The van der Waals surface area contributed by atoms with Gasteiger partial charge in [-0.25, -0.2) is 4.39 Å². The number of hydrogen-bond donors (Lipinski definition) is 0. The van der Waals surface area contributed by atoms with Crippen molar-refractivity contribution in [3.63, 3.8) is 0 Å². The molecule has 0 aliphatic carbocycles. The topological polar surface area (TPSA) is 30.7 Å². The van der Waals surface area contributed by atoms with E-state index in [2.05, 4.69) is 28.3 Å². The van der Waals surface area contributed by atoms with Crippen LogP contribution in [0.1, 0.15) is 11.1 Å². The van der Waals surface area contributed by atoms with E-state index >= 15 is 0 Å². The van der Waals surface area contributed by atoms with E-state index in [4.69, 9.17) is 0 Å². The molecule has 0 fully saturated rings. The number of aryl methyl sites for hydroxylation is 1. The van der Waals surface area contributed by atoms with Gasteiger partial charge in [-0.2, -0.15) is 5.10 Å². The summed E-state index contributed by atoms with van der Waals surface area (Å²) in [5.74, 6) is -0.207. The molecule has 2 heterocycles. The van der Waals surface area contributed by atoms with Gasteiger partial charge in [-0.05, 0) is 47.9 Å². The molecule has 4 aromatic rings. The molecule has 24 heavy (non-hydrogen) atoms. The van der Waals surface area contributed by atoms with E-state index < -0.39 is 0 Å². The summed E-state index contributed by atoms with van der Waals surface area (Å²) < 4.78 is 15.1. The molecule has 0 spiro atoms. The largest absolute Gasteiger partial charge is 0.268 e. The van der Waals surface area contributed by atoms with E-state index in [0.29, 0.717) is 6.42 Å². The molecule has 2 aromatic carbocycles. The van der Waals surface area contributed by atoms with Crippen LogP contribution >= 0.6 is 0 Å². The minimum atomic E-state index is -0.207. The third kappa shape index (κ3) is 2.78. The number of nitrogens with zero attached hydrogens (tertiary/aromatic N) is 3. The fraction of sp³-hybridized carbons (Fsp3) is 0.100. The van der Waals surface area contributed by atoms with Crippen LogP contribution < -0.4 is 0 Å². The summed E-state index contributed by atoms with van der Waals surface area (Å²) in [4.78, 5) is 4.56. The first-order valence-electron chi connectivity index (χ1n) is 7.80. The summed E-state index contributed by atoms with van der Waals surface area (Å²) in [5.41, 5.74) is 5.09. The van der Waals surface area contributed by atoms with Crippen molar-refractivity contribution < 1.29 is 4.39 Å². The molecule has 0 amide bonds. The predicted octanol–water partition coefficient (Wildman–Crippen LogP) is 4.37. The maximum Gasteiger partial charge on any atom is 0.123 e. The molecule has 0 unspecified atom stereocenters. The third-order valence-corrected chi connectivity index (χ3v) is 4.16. The Morgan fingerprint density at radius 2 is 1.88 bits per heavy atom. The lowest BCUT2D eigenvalue weighted by Crippen LogP contribution is -1.92. The molecule has 4 heteroatoms. The number of aromatic nitrogens is 3. The fourth-order valence-electron chi connectivity index (χ4n) is 2.91. The Morgan fingerprint density at radius 3 is 2.67 bits per heavy atom. The Bertz CT molecular complexity index is 1000. The van der Waals surface area contributed by atoms with Gasteiger partial charge in [0.25, 0.3) is 0 Å². The average Bonchev–Trinajstić information content (AvgIpc) is 2.96. The smallest absolute Gasteiger partial charge is 0.123 e. The zero-order chi connectivity index (χ0) is 16.5. The second-order valence-electron chi connectivity index (χ2n) is 5.90. The van der Waals surface area contributed by atoms with E-state index in [1.54, 1.807) is 12.1 Å². The number of pyridine rings is 1. The van der Waals surface area contributed by atoms with E-state index in [0.717, 1.165) is 33.3 Å². The van der Waals surface area contributed by atoms with Gasteiger partial charge in [-0.3, -0.25) is 9.67 Å². The van der Waals surface area contributed by atoms with Gasteiger partial charge in [0.2, 0.25) is 0 Å². The zero-order valence-electron chi connectivity index (χ0n) is 13.3. The van der Waals surface area contributed by atoms with Gasteiger partial charge in [0.15, 0.2) is 0 Å². The molecule has 0 atom stereocenters. The third-order valence-electron chi connectivity index (χ3n) is 4.16. The zero-order valence-corrected chi connectivity index (χ0v) is 13.3. The van der Waals surface area contributed by atoms with Crippen LogP contribution in [0.3, 0.4) is 0 Å². The van der Waals surface area contributed by atoms with Crippen LogP contribution in [0.15, 0.2) is 67.0 Å². The number of halogens is 1. The molecular formula is C20H16FN3. The predicted molar refractivity (Wildman–Crippen MR) is 93.2 cm³/mol. The molecule has 0 aliphatic heterocycles. The lowest BCUT2D eigenvalue weighted by atomic mass is 10.0. The lowest BCUT2D eigenvalue weighted by Gasteiger charge is -2.05. The van der Waals surface area contributed by atoms with E-state index in [-0.39, 0.29) is 5.82 Å². The average molecular weight is 317 g/mol. The first-order valence-corrected chi connectivity index (χ1v) is 7.80. The monoisotopic (exact) mass is 317 g/mol. The molecule has 0 N–H and O–H groups in total. The second kappa shape index (κ2) is 5.89. The summed E-state index contributed by atoms with van der Waals surface area (Å²) in [6, 6.07) is 16.9. The number of rotatable bonds is 3. The molecular weight excluding hydrogens is 301 g/mol. The highest BCUT2D eigenvalue weighted by Gasteiger charge is 2.05. The number of fused-ring (bicyclic) bond motifs is 1. The maximum absolute atomic E-state index is 13.3. The Morgan fingerprint density at radius 1 is 0.958 bits per heavy atom. The van der Waals surface area contributed by atoms with Crippen molar-refractivity contribution in [2.24, 2.45) is 7.05 Å². The van der Waals surface area contributed by atoms with Gasteiger partial charge < -0.3 is 0 Å². The minimum absolute atomic E-state index is 0.207. The molecule has 0 saturated heterocycles. The fourth-order valence-corrected chi connectivity index (χ4v) is 2.91.